The molecular formula is C18H19Cl2N3OS. The average Bonchev–Trinajstić information content (AvgIpc) is 2.54. The van der Waals surface area contributed by atoms with Crippen LogP contribution in [0.25, 0.3) is 0 Å². The molecule has 0 spiro atoms. The molecule has 1 amide bonds. The fourth-order valence-corrected chi connectivity index (χ4v) is 2.62. The molecule has 1 atom stereocenters. The van der Waals surface area contributed by atoms with Gasteiger partial charge in [0.25, 0.3) is 5.91 Å². The quantitative estimate of drug-likeness (QED) is 0.404. The van der Waals surface area contributed by atoms with Gasteiger partial charge in [-0.3, -0.25) is 4.79 Å². The van der Waals surface area contributed by atoms with E-state index in [0.29, 0.717) is 10.7 Å². The van der Waals surface area contributed by atoms with Crippen LogP contribution in [0.2, 0.25) is 0 Å². The van der Waals surface area contributed by atoms with Gasteiger partial charge in [-0.1, -0.05) is 29.8 Å². The third-order valence-corrected chi connectivity index (χ3v) is 4.14. The zero-order chi connectivity index (χ0) is 18.4. The zero-order valence-electron chi connectivity index (χ0n) is 13.8. The topological polar surface area (TPSA) is 53.2 Å². The molecule has 0 saturated carbocycles. The van der Waals surface area contributed by atoms with E-state index in [1.165, 1.54) is 0 Å². The van der Waals surface area contributed by atoms with Crippen molar-refractivity contribution in [3.63, 3.8) is 0 Å². The fourth-order valence-electron chi connectivity index (χ4n) is 2.12. The van der Waals surface area contributed by atoms with Crippen molar-refractivity contribution in [3.8, 4) is 0 Å². The molecular weight excluding hydrogens is 377 g/mol. The Labute approximate surface area is 162 Å². The van der Waals surface area contributed by atoms with Gasteiger partial charge in [-0.25, -0.2) is 0 Å². The van der Waals surface area contributed by atoms with Gasteiger partial charge in [-0.15, -0.1) is 23.2 Å². The number of hydrogen-bond acceptors (Lipinski definition) is 2. The van der Waals surface area contributed by atoms with Gasteiger partial charge in [-0.2, -0.15) is 0 Å². The van der Waals surface area contributed by atoms with Crippen LogP contribution in [0.4, 0.5) is 5.69 Å². The molecule has 0 fully saturated rings. The Hall–Kier alpha value is -1.82. The van der Waals surface area contributed by atoms with Gasteiger partial charge in [-0.05, 0) is 55.9 Å². The molecule has 0 aromatic heterocycles. The van der Waals surface area contributed by atoms with Crippen molar-refractivity contribution < 1.29 is 4.79 Å². The number of amides is 1. The molecule has 0 aliphatic rings. The Bertz CT molecular complexity index is 750. The number of aryl methyl sites for hydroxylation is 2. The van der Waals surface area contributed by atoms with Crippen molar-refractivity contribution in [1.82, 2.24) is 10.6 Å². The molecule has 25 heavy (non-hydrogen) atoms. The van der Waals surface area contributed by atoms with E-state index < -0.39 is 11.0 Å². The standard InChI is InChI=1S/C18H19Cl2N3OS/c1-11-6-8-13(9-7-11)17(24)22-16(15(19)20)23-18(25)21-14-5-3-4-12(2)10-14/h3-10,15-16H,1-2H3,(H,22,24)(H2,21,23,25). The Balaban J connectivity index is 1.99. The van der Waals surface area contributed by atoms with E-state index in [2.05, 4.69) is 16.0 Å². The van der Waals surface area contributed by atoms with Crippen LogP contribution in [0, 0.1) is 13.8 Å². The maximum Gasteiger partial charge on any atom is 0.252 e. The molecule has 0 aliphatic heterocycles. The Morgan fingerprint density at radius 2 is 1.68 bits per heavy atom. The van der Waals surface area contributed by atoms with E-state index in [0.717, 1.165) is 16.8 Å². The molecule has 3 N–H and O–H groups in total. The minimum Gasteiger partial charge on any atom is -0.340 e. The van der Waals surface area contributed by atoms with Crippen molar-refractivity contribution in [2.45, 2.75) is 24.8 Å². The number of carbonyl (C=O) groups is 1. The summed E-state index contributed by atoms with van der Waals surface area (Å²) in [6.45, 7) is 3.94. The smallest absolute Gasteiger partial charge is 0.252 e. The van der Waals surface area contributed by atoms with Crippen LogP contribution >= 0.6 is 35.4 Å². The second kappa shape index (κ2) is 9.04. The second-order valence-electron chi connectivity index (χ2n) is 5.62. The van der Waals surface area contributed by atoms with Gasteiger partial charge >= 0.3 is 0 Å². The van der Waals surface area contributed by atoms with Crippen molar-refractivity contribution in [3.05, 3.63) is 65.2 Å². The van der Waals surface area contributed by atoms with E-state index in [1.54, 1.807) is 12.1 Å². The van der Waals surface area contributed by atoms with E-state index in [4.69, 9.17) is 35.4 Å². The highest BCUT2D eigenvalue weighted by molar-refractivity contribution is 7.80. The maximum absolute atomic E-state index is 12.3. The molecule has 1 unspecified atom stereocenters. The highest BCUT2D eigenvalue weighted by Gasteiger charge is 2.21. The first-order valence-corrected chi connectivity index (χ1v) is 8.93. The molecule has 132 valence electrons. The maximum atomic E-state index is 12.3. The van der Waals surface area contributed by atoms with Gasteiger partial charge in [0.15, 0.2) is 5.11 Å². The number of rotatable bonds is 5. The number of halogens is 2. The Morgan fingerprint density at radius 1 is 1.00 bits per heavy atom. The lowest BCUT2D eigenvalue weighted by Crippen LogP contribution is -2.52. The number of thiocarbonyl (C=S) groups is 1. The molecule has 2 aromatic rings. The van der Waals surface area contributed by atoms with E-state index in [9.17, 15) is 4.79 Å². The number of carbonyl (C=O) groups excluding carboxylic acids is 1. The van der Waals surface area contributed by atoms with Crippen LogP contribution in [0.15, 0.2) is 48.5 Å². The SMILES string of the molecule is Cc1ccc(C(=O)NC(NC(=S)Nc2cccc(C)c2)C(Cl)Cl)cc1. The summed E-state index contributed by atoms with van der Waals surface area (Å²) in [6.07, 6.45) is -0.734. The first kappa shape index (κ1) is 19.5. The molecule has 0 heterocycles. The minimum atomic E-state index is -0.883. The lowest BCUT2D eigenvalue weighted by Gasteiger charge is -2.23. The van der Waals surface area contributed by atoms with Crippen molar-refractivity contribution in [1.29, 1.82) is 0 Å². The van der Waals surface area contributed by atoms with Crippen LogP contribution in [-0.2, 0) is 0 Å². The fraction of sp³-hybridized carbons (Fsp3) is 0.222. The van der Waals surface area contributed by atoms with Crippen LogP contribution in [0.5, 0.6) is 0 Å². The third kappa shape index (κ3) is 6.20. The number of nitrogens with one attached hydrogen (secondary N) is 3. The summed E-state index contributed by atoms with van der Waals surface area (Å²) < 4.78 is 0. The summed E-state index contributed by atoms with van der Waals surface area (Å²) in [5.74, 6) is -0.290. The number of alkyl halides is 2. The minimum absolute atomic E-state index is 0.290. The van der Waals surface area contributed by atoms with E-state index in [-0.39, 0.29) is 5.91 Å². The number of hydrogen-bond donors (Lipinski definition) is 3. The first-order chi connectivity index (χ1) is 11.8. The number of benzene rings is 2. The third-order valence-electron chi connectivity index (χ3n) is 3.41. The summed E-state index contributed by atoms with van der Waals surface area (Å²) in [6, 6.07) is 14.9. The molecule has 4 nitrogen and oxygen atoms in total. The van der Waals surface area contributed by atoms with Crippen molar-refractivity contribution in [2.24, 2.45) is 0 Å². The molecule has 2 rings (SSSR count). The van der Waals surface area contributed by atoms with Crippen LogP contribution in [-0.4, -0.2) is 22.0 Å². The molecule has 0 radical (unpaired) electrons. The molecule has 0 saturated heterocycles. The summed E-state index contributed by atoms with van der Waals surface area (Å²) in [7, 11) is 0. The van der Waals surface area contributed by atoms with Crippen LogP contribution < -0.4 is 16.0 Å². The van der Waals surface area contributed by atoms with Gasteiger partial charge in [0, 0.05) is 11.3 Å². The largest absolute Gasteiger partial charge is 0.340 e. The van der Waals surface area contributed by atoms with Gasteiger partial charge < -0.3 is 16.0 Å². The normalized spacial score (nSPS) is 11.7. The van der Waals surface area contributed by atoms with Gasteiger partial charge in [0.05, 0.1) is 0 Å². The second-order valence-corrected chi connectivity index (χ2v) is 7.19. The summed E-state index contributed by atoms with van der Waals surface area (Å²) >= 11 is 17.2. The summed E-state index contributed by atoms with van der Waals surface area (Å²) in [5, 5.41) is 9.01. The number of anilines is 1. The average molecular weight is 396 g/mol. The summed E-state index contributed by atoms with van der Waals surface area (Å²) in [4.78, 5) is 11.4. The van der Waals surface area contributed by atoms with E-state index >= 15 is 0 Å². The van der Waals surface area contributed by atoms with Gasteiger partial charge in [0.1, 0.15) is 11.0 Å². The Kier molecular flexibility index (Phi) is 7.05. The van der Waals surface area contributed by atoms with Crippen molar-refractivity contribution >= 4 is 52.1 Å². The predicted octanol–water partition coefficient (Wildman–Crippen LogP) is 4.15. The lowest BCUT2D eigenvalue weighted by atomic mass is 10.1. The molecule has 7 heteroatoms. The highest BCUT2D eigenvalue weighted by Crippen LogP contribution is 2.11. The molecule has 2 aromatic carbocycles. The monoisotopic (exact) mass is 395 g/mol. The van der Waals surface area contributed by atoms with Gasteiger partial charge in [0.2, 0.25) is 0 Å². The first-order valence-electron chi connectivity index (χ1n) is 7.65. The molecule has 0 bridgehead atoms. The van der Waals surface area contributed by atoms with E-state index in [1.807, 2.05) is 50.2 Å². The van der Waals surface area contributed by atoms with Crippen LogP contribution in [0.1, 0.15) is 21.5 Å². The molecule has 0 aliphatic carbocycles. The Morgan fingerprint density at radius 3 is 2.28 bits per heavy atom. The predicted molar refractivity (Wildman–Crippen MR) is 108 cm³/mol. The van der Waals surface area contributed by atoms with Crippen molar-refractivity contribution in [2.75, 3.05) is 5.32 Å². The summed E-state index contributed by atoms with van der Waals surface area (Å²) in [5.41, 5.74) is 3.53. The zero-order valence-corrected chi connectivity index (χ0v) is 16.2. The lowest BCUT2D eigenvalue weighted by molar-refractivity contribution is 0.0936. The highest BCUT2D eigenvalue weighted by atomic mass is 35.5. The van der Waals surface area contributed by atoms with Crippen LogP contribution in [0.3, 0.4) is 0 Å².